The van der Waals surface area contributed by atoms with E-state index in [4.69, 9.17) is 23.7 Å². The number of esters is 4. The Balaban J connectivity index is 1.71. The smallest absolute Gasteiger partial charge is 0.339 e. The van der Waals surface area contributed by atoms with E-state index in [0.29, 0.717) is 0 Å². The molecular weight excluding hydrogens is 560 g/mol. The summed E-state index contributed by atoms with van der Waals surface area (Å²) in [7, 11) is 1.14. The molecule has 0 amide bonds. The molecule has 0 N–H and O–H groups in total. The van der Waals surface area contributed by atoms with Gasteiger partial charge in [-0.15, -0.1) is 0 Å². The Morgan fingerprint density at radius 2 is 0.974 bits per heavy atom. The largest absolute Gasteiger partial charge is 0.467 e. The second kappa shape index (κ2) is 12.5. The molecule has 1 unspecified atom stereocenters. The summed E-state index contributed by atoms with van der Waals surface area (Å²) in [6.07, 6.45) is -5.79. The number of alkyl halides is 1. The van der Waals surface area contributed by atoms with E-state index in [1.165, 1.54) is 24.3 Å². The van der Waals surface area contributed by atoms with E-state index in [-0.39, 0.29) is 16.7 Å². The highest BCUT2D eigenvalue weighted by atomic mass is 79.9. The van der Waals surface area contributed by atoms with Crippen LogP contribution in [0.1, 0.15) is 31.1 Å². The van der Waals surface area contributed by atoms with Crippen LogP contribution < -0.4 is 0 Å². The van der Waals surface area contributed by atoms with Gasteiger partial charge in [0.05, 0.1) is 23.8 Å². The number of rotatable bonds is 7. The molecule has 0 aliphatic carbocycles. The predicted octanol–water partition coefficient (Wildman–Crippen LogP) is 3.96. The first-order chi connectivity index (χ1) is 18.4. The van der Waals surface area contributed by atoms with Crippen LogP contribution in [0.5, 0.6) is 0 Å². The maximum Gasteiger partial charge on any atom is 0.339 e. The van der Waals surface area contributed by atoms with Crippen LogP contribution in [0.25, 0.3) is 0 Å². The topological polar surface area (TPSA) is 114 Å². The van der Waals surface area contributed by atoms with E-state index in [1.807, 2.05) is 0 Å². The van der Waals surface area contributed by atoms with Gasteiger partial charge >= 0.3 is 23.9 Å². The van der Waals surface area contributed by atoms with Gasteiger partial charge in [-0.05, 0) is 36.4 Å². The lowest BCUT2D eigenvalue weighted by Gasteiger charge is -2.42. The van der Waals surface area contributed by atoms with E-state index in [2.05, 4.69) is 15.9 Å². The number of halogens is 1. The first-order valence-corrected chi connectivity index (χ1v) is 12.5. The molecule has 0 saturated carbocycles. The molecule has 3 aromatic carbocycles. The zero-order chi connectivity index (χ0) is 27.1. The summed E-state index contributed by atoms with van der Waals surface area (Å²) in [5.41, 5.74) is 0.609. The number of benzene rings is 3. The average molecular weight is 583 g/mol. The summed E-state index contributed by atoms with van der Waals surface area (Å²) in [6.45, 7) is 0. The van der Waals surface area contributed by atoms with Crippen molar-refractivity contribution in [2.75, 3.05) is 7.11 Å². The van der Waals surface area contributed by atoms with E-state index in [1.54, 1.807) is 66.7 Å². The fourth-order valence-electron chi connectivity index (χ4n) is 3.79. The van der Waals surface area contributed by atoms with Gasteiger partial charge in [0, 0.05) is 0 Å². The lowest BCUT2D eigenvalue weighted by atomic mass is 9.98. The lowest BCUT2D eigenvalue weighted by molar-refractivity contribution is -0.210. The van der Waals surface area contributed by atoms with E-state index < -0.39 is 53.3 Å². The Hall–Kier alpha value is -4.02. The minimum atomic E-state index is -1.52. The molecule has 10 heteroatoms. The first kappa shape index (κ1) is 27.0. The fraction of sp³-hybridized carbons (Fsp3) is 0.214. The van der Waals surface area contributed by atoms with Gasteiger partial charge in [-0.1, -0.05) is 70.5 Å². The van der Waals surface area contributed by atoms with Crippen molar-refractivity contribution in [3.63, 3.8) is 0 Å². The molecule has 0 radical (unpaired) electrons. The molecule has 1 aliphatic rings. The summed E-state index contributed by atoms with van der Waals surface area (Å²) in [6, 6.07) is 24.2. The van der Waals surface area contributed by atoms with Crippen molar-refractivity contribution in [2.45, 2.75) is 29.4 Å². The standard InChI is InChI=1S/C28H23BrO9/c1-34-28(33)23-21(37-26(31)18-13-7-3-8-14-18)20(36-25(30)17-11-5-2-6-12-17)22(24(29)35-23)38-27(32)19-15-9-4-10-16-19/h2-16,20-24H,1H3/t20-,21+,22-,23?,24-/m0/s1. The number of hydrogen-bond donors (Lipinski definition) is 0. The van der Waals surface area contributed by atoms with Gasteiger partial charge in [-0.2, -0.15) is 0 Å². The third-order valence-corrected chi connectivity index (χ3v) is 6.41. The minimum Gasteiger partial charge on any atom is -0.467 e. The van der Waals surface area contributed by atoms with Crippen molar-refractivity contribution in [3.05, 3.63) is 108 Å². The van der Waals surface area contributed by atoms with E-state index >= 15 is 0 Å². The van der Waals surface area contributed by atoms with Crippen molar-refractivity contribution in [1.29, 1.82) is 0 Å². The van der Waals surface area contributed by atoms with Crippen molar-refractivity contribution < 1.29 is 42.9 Å². The Bertz CT molecular complexity index is 1270. The van der Waals surface area contributed by atoms with Crippen LogP contribution in [0.3, 0.4) is 0 Å². The quantitative estimate of drug-likeness (QED) is 0.232. The summed E-state index contributed by atoms with van der Waals surface area (Å²) in [4.78, 5) is 51.7. The number of carbonyl (C=O) groups is 4. The molecule has 1 saturated heterocycles. The maximum atomic E-state index is 13.1. The maximum absolute atomic E-state index is 13.1. The lowest BCUT2D eigenvalue weighted by Crippen LogP contribution is -2.62. The molecule has 1 fully saturated rings. The number of carbonyl (C=O) groups excluding carboxylic acids is 4. The minimum absolute atomic E-state index is 0.183. The van der Waals surface area contributed by atoms with Crippen molar-refractivity contribution in [2.24, 2.45) is 0 Å². The molecule has 1 heterocycles. The third-order valence-electron chi connectivity index (χ3n) is 5.67. The molecule has 0 bridgehead atoms. The molecule has 3 aromatic rings. The zero-order valence-electron chi connectivity index (χ0n) is 20.1. The highest BCUT2D eigenvalue weighted by molar-refractivity contribution is 9.09. The Kier molecular flexibility index (Phi) is 8.88. The molecule has 0 spiro atoms. The van der Waals surface area contributed by atoms with Crippen LogP contribution in [-0.2, 0) is 28.5 Å². The molecule has 38 heavy (non-hydrogen) atoms. The third kappa shape index (κ3) is 6.27. The van der Waals surface area contributed by atoms with Crippen LogP contribution in [0.2, 0.25) is 0 Å². The second-order valence-electron chi connectivity index (χ2n) is 8.14. The van der Waals surface area contributed by atoms with E-state index in [0.717, 1.165) is 7.11 Å². The first-order valence-electron chi connectivity index (χ1n) is 11.5. The normalized spacial score (nSPS) is 22.5. The van der Waals surface area contributed by atoms with Gasteiger partial charge in [-0.3, -0.25) is 0 Å². The molecule has 9 nitrogen and oxygen atoms in total. The molecule has 4 rings (SSSR count). The molecule has 196 valence electrons. The van der Waals surface area contributed by atoms with Crippen molar-refractivity contribution >= 4 is 39.8 Å². The summed E-state index contributed by atoms with van der Waals surface area (Å²) in [5.74, 6) is -3.22. The molecular formula is C28H23BrO9. The van der Waals surface area contributed by atoms with Gasteiger partial charge in [0.2, 0.25) is 0 Å². The van der Waals surface area contributed by atoms with Crippen LogP contribution in [0.15, 0.2) is 91.0 Å². The predicted molar refractivity (Wildman–Crippen MR) is 137 cm³/mol. The fourth-order valence-corrected chi connectivity index (χ4v) is 4.43. The Morgan fingerprint density at radius 1 is 0.605 bits per heavy atom. The molecule has 5 atom stereocenters. The Labute approximate surface area is 226 Å². The van der Waals surface area contributed by atoms with Crippen LogP contribution in [0.4, 0.5) is 0 Å². The van der Waals surface area contributed by atoms with Gasteiger partial charge in [0.25, 0.3) is 0 Å². The molecule has 1 aliphatic heterocycles. The highest BCUT2D eigenvalue weighted by Crippen LogP contribution is 2.33. The average Bonchev–Trinajstić information content (AvgIpc) is 2.96. The van der Waals surface area contributed by atoms with Crippen LogP contribution >= 0.6 is 15.9 Å². The zero-order valence-corrected chi connectivity index (χ0v) is 21.7. The monoisotopic (exact) mass is 582 g/mol. The summed E-state index contributed by atoms with van der Waals surface area (Å²) >= 11 is 3.28. The van der Waals surface area contributed by atoms with Crippen LogP contribution in [-0.4, -0.2) is 60.4 Å². The summed E-state index contributed by atoms with van der Waals surface area (Å²) in [5, 5.41) is -1.13. The van der Waals surface area contributed by atoms with Gasteiger partial charge in [0.15, 0.2) is 29.4 Å². The van der Waals surface area contributed by atoms with Crippen molar-refractivity contribution in [3.8, 4) is 0 Å². The second-order valence-corrected chi connectivity index (χ2v) is 9.04. The number of hydrogen-bond acceptors (Lipinski definition) is 9. The molecule has 0 aromatic heterocycles. The van der Waals surface area contributed by atoms with Crippen LogP contribution in [0, 0.1) is 0 Å². The van der Waals surface area contributed by atoms with Gasteiger partial charge in [0.1, 0.15) is 0 Å². The number of methoxy groups -OCH3 is 1. The number of ether oxygens (including phenoxy) is 5. The van der Waals surface area contributed by atoms with Gasteiger partial charge in [-0.25, -0.2) is 19.2 Å². The van der Waals surface area contributed by atoms with Crippen molar-refractivity contribution in [1.82, 2.24) is 0 Å². The van der Waals surface area contributed by atoms with Gasteiger partial charge < -0.3 is 23.7 Å². The summed E-state index contributed by atoms with van der Waals surface area (Å²) < 4.78 is 27.7. The SMILES string of the molecule is COC(=O)C1O[C@H](Br)[C@@H](OC(=O)c2ccccc2)[C@@H](OC(=O)c2ccccc2)[C@H]1OC(=O)c1ccccc1. The highest BCUT2D eigenvalue weighted by Gasteiger charge is 2.54. The van der Waals surface area contributed by atoms with E-state index in [9.17, 15) is 19.2 Å². The Morgan fingerprint density at radius 3 is 1.37 bits per heavy atom.